The molecule has 2 heterocycles. The largest absolute Gasteiger partial charge is 0.337 e. The van der Waals surface area contributed by atoms with Gasteiger partial charge in [-0.3, -0.25) is 4.79 Å². The first-order valence-corrected chi connectivity index (χ1v) is 10.2. The molecule has 154 valence electrons. The lowest BCUT2D eigenvalue weighted by atomic mass is 9.73. The van der Waals surface area contributed by atoms with Gasteiger partial charge in [0.25, 0.3) is 0 Å². The Labute approximate surface area is 179 Å². The van der Waals surface area contributed by atoms with Crippen LogP contribution in [0.4, 0.5) is 4.39 Å². The van der Waals surface area contributed by atoms with Gasteiger partial charge in [-0.05, 0) is 41.8 Å². The molecule has 1 amide bonds. The number of carbonyl (C=O) groups is 1. The van der Waals surface area contributed by atoms with E-state index in [-0.39, 0.29) is 18.3 Å². The first kappa shape index (κ1) is 19.2. The van der Waals surface area contributed by atoms with Gasteiger partial charge in [-0.15, -0.1) is 0 Å². The molecule has 0 spiro atoms. The van der Waals surface area contributed by atoms with Crippen LogP contribution in [0.2, 0.25) is 0 Å². The summed E-state index contributed by atoms with van der Waals surface area (Å²) in [5.74, 6) is 0.420. The summed E-state index contributed by atoms with van der Waals surface area (Å²) in [5, 5.41) is 3.99. The fourth-order valence-electron chi connectivity index (χ4n) is 4.28. The Bertz CT molecular complexity index is 1150. The van der Waals surface area contributed by atoms with Gasteiger partial charge in [-0.25, -0.2) is 4.39 Å². The first-order valence-electron chi connectivity index (χ1n) is 10.2. The summed E-state index contributed by atoms with van der Waals surface area (Å²) in [6, 6.07) is 25.7. The molecule has 0 unspecified atom stereocenters. The average molecular weight is 413 g/mol. The normalized spacial score (nSPS) is 15.4. The topological polar surface area (TPSA) is 59.2 Å². The van der Waals surface area contributed by atoms with Gasteiger partial charge in [0.2, 0.25) is 17.6 Å². The number of benzene rings is 3. The highest BCUT2D eigenvalue weighted by molar-refractivity contribution is 5.94. The van der Waals surface area contributed by atoms with Crippen molar-refractivity contribution in [3.8, 4) is 11.4 Å². The van der Waals surface area contributed by atoms with Crippen molar-refractivity contribution in [1.29, 1.82) is 0 Å². The average Bonchev–Trinajstić information content (AvgIpc) is 3.41. The predicted molar refractivity (Wildman–Crippen MR) is 113 cm³/mol. The minimum absolute atomic E-state index is 0.0198. The number of hydrogen-bond acceptors (Lipinski definition) is 4. The van der Waals surface area contributed by atoms with Crippen LogP contribution in [0.3, 0.4) is 0 Å². The second-order valence-corrected chi connectivity index (χ2v) is 7.63. The molecule has 0 atom stereocenters. The van der Waals surface area contributed by atoms with E-state index in [1.807, 2.05) is 60.7 Å². The number of rotatable bonds is 5. The van der Waals surface area contributed by atoms with Crippen LogP contribution in [-0.2, 0) is 16.8 Å². The Kier molecular flexibility index (Phi) is 4.82. The maximum absolute atomic E-state index is 13.7. The molecule has 1 aliphatic heterocycles. The van der Waals surface area contributed by atoms with Gasteiger partial charge in [-0.2, -0.15) is 4.98 Å². The lowest BCUT2D eigenvalue weighted by molar-refractivity contribution is -0.132. The zero-order valence-corrected chi connectivity index (χ0v) is 16.7. The summed E-state index contributed by atoms with van der Waals surface area (Å²) in [7, 11) is 0. The molecule has 1 aliphatic rings. The molecule has 5 rings (SSSR count). The third-order valence-corrected chi connectivity index (χ3v) is 5.84. The third kappa shape index (κ3) is 3.40. The van der Waals surface area contributed by atoms with Gasteiger partial charge in [0.15, 0.2) is 0 Å². The number of amides is 1. The lowest BCUT2D eigenvalue weighted by Gasteiger charge is -2.29. The summed E-state index contributed by atoms with van der Waals surface area (Å²) in [6.07, 6.45) is 0.665. The Balaban J connectivity index is 1.44. The molecule has 5 nitrogen and oxygen atoms in total. The Morgan fingerprint density at radius 3 is 2.13 bits per heavy atom. The summed E-state index contributed by atoms with van der Waals surface area (Å²) in [4.78, 5) is 19.9. The molecule has 0 bridgehead atoms. The highest BCUT2D eigenvalue weighted by Crippen LogP contribution is 2.42. The molecule has 3 aromatic carbocycles. The molecule has 6 heteroatoms. The van der Waals surface area contributed by atoms with Gasteiger partial charge >= 0.3 is 0 Å². The number of hydrogen-bond donors (Lipinski definition) is 0. The fourth-order valence-corrected chi connectivity index (χ4v) is 4.28. The van der Waals surface area contributed by atoms with Crippen LogP contribution >= 0.6 is 0 Å². The maximum atomic E-state index is 13.7. The molecule has 31 heavy (non-hydrogen) atoms. The maximum Gasteiger partial charge on any atom is 0.246 e. The monoisotopic (exact) mass is 413 g/mol. The van der Waals surface area contributed by atoms with Crippen molar-refractivity contribution in [1.82, 2.24) is 15.0 Å². The Morgan fingerprint density at radius 1 is 0.903 bits per heavy atom. The third-order valence-electron chi connectivity index (χ3n) is 5.84. The van der Waals surface area contributed by atoms with Gasteiger partial charge in [-0.1, -0.05) is 65.8 Å². The van der Waals surface area contributed by atoms with Gasteiger partial charge in [0, 0.05) is 12.1 Å². The molecule has 0 radical (unpaired) electrons. The van der Waals surface area contributed by atoms with Crippen LogP contribution in [0.15, 0.2) is 89.5 Å². The van der Waals surface area contributed by atoms with Crippen molar-refractivity contribution in [2.24, 2.45) is 0 Å². The van der Waals surface area contributed by atoms with Crippen LogP contribution in [0.25, 0.3) is 11.4 Å². The molecule has 4 aromatic rings. The van der Waals surface area contributed by atoms with E-state index in [2.05, 4.69) is 10.1 Å². The molecule has 1 saturated heterocycles. The van der Waals surface area contributed by atoms with Crippen molar-refractivity contribution in [2.75, 3.05) is 6.54 Å². The summed E-state index contributed by atoms with van der Waals surface area (Å²) >= 11 is 0. The standard InChI is InChI=1S/C25H20FN3O2/c26-21-13-11-18(12-14-21)23-27-22(31-28-23)17-29-16-15-25(24(29)30,19-7-3-1-4-8-19)20-9-5-2-6-10-20/h1-14H,15-17H2. The first-order chi connectivity index (χ1) is 15.2. The van der Waals surface area contributed by atoms with E-state index in [0.717, 1.165) is 11.1 Å². The van der Waals surface area contributed by atoms with Crippen LogP contribution in [0.1, 0.15) is 23.4 Å². The highest BCUT2D eigenvalue weighted by Gasteiger charge is 2.49. The smallest absolute Gasteiger partial charge is 0.246 e. The van der Waals surface area contributed by atoms with E-state index in [9.17, 15) is 9.18 Å². The van der Waals surface area contributed by atoms with Crippen LogP contribution in [-0.4, -0.2) is 27.5 Å². The Hall–Kier alpha value is -3.80. The molecule has 0 N–H and O–H groups in total. The summed E-state index contributed by atoms with van der Waals surface area (Å²) in [5.41, 5.74) is 1.88. The number of carbonyl (C=O) groups excluding carboxylic acids is 1. The zero-order valence-electron chi connectivity index (χ0n) is 16.7. The molecule has 0 aliphatic carbocycles. The number of likely N-dealkylation sites (tertiary alicyclic amines) is 1. The highest BCUT2D eigenvalue weighted by atomic mass is 19.1. The van der Waals surface area contributed by atoms with Crippen molar-refractivity contribution in [3.05, 3.63) is 108 Å². The predicted octanol–water partition coefficient (Wildman–Crippen LogP) is 4.59. The fraction of sp³-hybridized carbons (Fsp3) is 0.160. The quantitative estimate of drug-likeness (QED) is 0.480. The minimum atomic E-state index is -0.734. The number of halogens is 1. The SMILES string of the molecule is O=C1N(Cc2nc(-c3ccc(F)cc3)no2)CCC1(c1ccccc1)c1ccccc1. The second kappa shape index (κ2) is 7.80. The van der Waals surface area contributed by atoms with E-state index < -0.39 is 5.41 Å². The zero-order chi connectivity index (χ0) is 21.3. The van der Waals surface area contributed by atoms with Crippen molar-refractivity contribution < 1.29 is 13.7 Å². The molecular formula is C25H20FN3O2. The molecular weight excluding hydrogens is 393 g/mol. The van der Waals surface area contributed by atoms with Crippen LogP contribution < -0.4 is 0 Å². The minimum Gasteiger partial charge on any atom is -0.337 e. The number of nitrogens with zero attached hydrogens (tertiary/aromatic N) is 3. The van der Waals surface area contributed by atoms with Crippen LogP contribution in [0.5, 0.6) is 0 Å². The second-order valence-electron chi connectivity index (χ2n) is 7.63. The lowest BCUT2D eigenvalue weighted by Crippen LogP contribution is -2.38. The summed E-state index contributed by atoms with van der Waals surface area (Å²) < 4.78 is 18.6. The van der Waals surface area contributed by atoms with E-state index in [4.69, 9.17) is 4.52 Å². The molecule has 0 saturated carbocycles. The number of aromatic nitrogens is 2. The Morgan fingerprint density at radius 2 is 1.52 bits per heavy atom. The van der Waals surface area contributed by atoms with Gasteiger partial charge in [0.1, 0.15) is 17.8 Å². The molecule has 1 aromatic heterocycles. The summed E-state index contributed by atoms with van der Waals surface area (Å²) in [6.45, 7) is 0.811. The van der Waals surface area contributed by atoms with Crippen molar-refractivity contribution >= 4 is 5.91 Å². The van der Waals surface area contributed by atoms with Crippen molar-refractivity contribution in [2.45, 2.75) is 18.4 Å². The van der Waals surface area contributed by atoms with E-state index in [0.29, 0.717) is 30.2 Å². The van der Waals surface area contributed by atoms with E-state index in [1.54, 1.807) is 17.0 Å². The van der Waals surface area contributed by atoms with Crippen LogP contribution in [0, 0.1) is 5.82 Å². The molecule has 1 fully saturated rings. The van der Waals surface area contributed by atoms with E-state index >= 15 is 0 Å². The van der Waals surface area contributed by atoms with E-state index in [1.165, 1.54) is 12.1 Å². The van der Waals surface area contributed by atoms with Gasteiger partial charge in [0.05, 0.1) is 0 Å². The van der Waals surface area contributed by atoms with Crippen molar-refractivity contribution in [3.63, 3.8) is 0 Å². The van der Waals surface area contributed by atoms with Gasteiger partial charge < -0.3 is 9.42 Å².